The van der Waals surface area contributed by atoms with Gasteiger partial charge in [0, 0.05) is 19.6 Å². The molecule has 1 N–H and O–H groups in total. The molecular weight excluding hydrogens is 232 g/mol. The van der Waals surface area contributed by atoms with Crippen LogP contribution in [0.15, 0.2) is 0 Å². The quantitative estimate of drug-likeness (QED) is 0.769. The highest BCUT2D eigenvalue weighted by Crippen LogP contribution is 2.38. The monoisotopic (exact) mass is 254 g/mol. The van der Waals surface area contributed by atoms with E-state index in [0.717, 1.165) is 19.5 Å². The Morgan fingerprint density at radius 3 is 2.71 bits per heavy atom. The van der Waals surface area contributed by atoms with Gasteiger partial charge in [-0.15, -0.1) is 11.8 Å². The van der Waals surface area contributed by atoms with Crippen LogP contribution in [0.1, 0.15) is 32.1 Å². The molecule has 0 aromatic carbocycles. The van der Waals surface area contributed by atoms with Crippen molar-refractivity contribution < 1.29 is 4.79 Å². The lowest BCUT2D eigenvalue weighted by Gasteiger charge is -2.39. The molecule has 0 aromatic heterocycles. The summed E-state index contributed by atoms with van der Waals surface area (Å²) in [5, 5.41) is 3.76. The SMILES string of the molecule is O=C(C1CCCS1)N1CCC2(CCNC2)CC1. The molecule has 96 valence electrons. The van der Waals surface area contributed by atoms with E-state index in [2.05, 4.69) is 10.2 Å². The molecule has 0 aliphatic carbocycles. The highest BCUT2D eigenvalue weighted by molar-refractivity contribution is 8.00. The van der Waals surface area contributed by atoms with E-state index in [4.69, 9.17) is 0 Å². The summed E-state index contributed by atoms with van der Waals surface area (Å²) < 4.78 is 0. The number of carbonyl (C=O) groups is 1. The smallest absolute Gasteiger partial charge is 0.235 e. The second kappa shape index (κ2) is 4.81. The molecule has 1 unspecified atom stereocenters. The Morgan fingerprint density at radius 2 is 2.12 bits per heavy atom. The van der Waals surface area contributed by atoms with Gasteiger partial charge < -0.3 is 10.2 Å². The number of likely N-dealkylation sites (tertiary alicyclic amines) is 1. The van der Waals surface area contributed by atoms with Crippen LogP contribution in [-0.4, -0.2) is 48.0 Å². The first kappa shape index (κ1) is 11.8. The molecule has 3 saturated heterocycles. The van der Waals surface area contributed by atoms with E-state index in [1.54, 1.807) is 0 Å². The van der Waals surface area contributed by atoms with Gasteiger partial charge in [-0.25, -0.2) is 0 Å². The Hall–Kier alpha value is -0.220. The van der Waals surface area contributed by atoms with E-state index >= 15 is 0 Å². The van der Waals surface area contributed by atoms with Crippen LogP contribution in [-0.2, 0) is 4.79 Å². The standard InChI is InChI=1S/C13H22N2OS/c16-12(11-2-1-9-17-11)15-7-4-13(5-8-15)3-6-14-10-13/h11,14H,1-10H2. The van der Waals surface area contributed by atoms with Crippen molar-refractivity contribution >= 4 is 17.7 Å². The number of nitrogens with one attached hydrogen (secondary N) is 1. The number of carbonyl (C=O) groups excluding carboxylic acids is 1. The Labute approximate surface area is 108 Å². The van der Waals surface area contributed by atoms with Gasteiger partial charge in [0.25, 0.3) is 0 Å². The van der Waals surface area contributed by atoms with Crippen LogP contribution >= 0.6 is 11.8 Å². The Balaban J connectivity index is 1.55. The van der Waals surface area contributed by atoms with Crippen LogP contribution in [0.2, 0.25) is 0 Å². The molecule has 0 aromatic rings. The maximum absolute atomic E-state index is 12.3. The third kappa shape index (κ3) is 2.34. The fourth-order valence-corrected chi connectivity index (χ4v) is 4.64. The van der Waals surface area contributed by atoms with E-state index in [1.165, 1.54) is 44.5 Å². The lowest BCUT2D eigenvalue weighted by Crippen LogP contribution is -2.46. The highest BCUT2D eigenvalue weighted by Gasteiger charge is 2.39. The lowest BCUT2D eigenvalue weighted by atomic mass is 9.78. The van der Waals surface area contributed by atoms with Crippen molar-refractivity contribution in [1.29, 1.82) is 0 Å². The van der Waals surface area contributed by atoms with Crippen LogP contribution in [0.4, 0.5) is 0 Å². The number of hydrogen-bond donors (Lipinski definition) is 1. The first-order valence-corrected chi connectivity index (χ1v) is 7.95. The number of hydrogen-bond acceptors (Lipinski definition) is 3. The molecule has 3 aliphatic heterocycles. The molecule has 3 rings (SSSR count). The average Bonchev–Trinajstić information content (AvgIpc) is 3.01. The molecule has 1 atom stereocenters. The fourth-order valence-electron chi connectivity index (χ4n) is 3.40. The Bertz CT molecular complexity index is 286. The zero-order chi connectivity index (χ0) is 11.7. The van der Waals surface area contributed by atoms with Crippen LogP contribution in [0.5, 0.6) is 0 Å². The molecule has 0 radical (unpaired) electrons. The highest BCUT2D eigenvalue weighted by atomic mass is 32.2. The first-order chi connectivity index (χ1) is 8.29. The molecule has 0 saturated carbocycles. The topological polar surface area (TPSA) is 32.3 Å². The van der Waals surface area contributed by atoms with Gasteiger partial charge in [0.2, 0.25) is 5.91 Å². The normalized spacial score (nSPS) is 32.2. The van der Waals surface area contributed by atoms with Gasteiger partial charge in [0.05, 0.1) is 5.25 Å². The van der Waals surface area contributed by atoms with E-state index in [0.29, 0.717) is 11.3 Å². The summed E-state index contributed by atoms with van der Waals surface area (Å²) in [5.74, 6) is 1.60. The van der Waals surface area contributed by atoms with Crippen molar-refractivity contribution in [2.45, 2.75) is 37.4 Å². The minimum absolute atomic E-state index is 0.283. The van der Waals surface area contributed by atoms with Gasteiger partial charge in [0.1, 0.15) is 0 Å². The molecule has 3 aliphatic rings. The minimum Gasteiger partial charge on any atom is -0.342 e. The molecule has 1 spiro atoms. The van der Waals surface area contributed by atoms with Crippen molar-refractivity contribution in [3.8, 4) is 0 Å². The largest absolute Gasteiger partial charge is 0.342 e. The second-order valence-corrected chi connectivity index (χ2v) is 7.06. The second-order valence-electron chi connectivity index (χ2n) is 5.75. The van der Waals surface area contributed by atoms with E-state index in [9.17, 15) is 4.79 Å². The van der Waals surface area contributed by atoms with Crippen molar-refractivity contribution in [2.75, 3.05) is 31.9 Å². The summed E-state index contributed by atoms with van der Waals surface area (Å²) >= 11 is 1.86. The van der Waals surface area contributed by atoms with Crippen LogP contribution in [0.3, 0.4) is 0 Å². The summed E-state index contributed by atoms with van der Waals surface area (Å²) in [4.78, 5) is 14.4. The molecule has 3 nitrogen and oxygen atoms in total. The van der Waals surface area contributed by atoms with Gasteiger partial charge in [-0.1, -0.05) is 0 Å². The maximum atomic E-state index is 12.3. The third-order valence-electron chi connectivity index (χ3n) is 4.67. The average molecular weight is 254 g/mol. The summed E-state index contributed by atoms with van der Waals surface area (Å²) in [6.07, 6.45) is 6.06. The van der Waals surface area contributed by atoms with Crippen molar-refractivity contribution in [1.82, 2.24) is 10.2 Å². The number of amides is 1. The van der Waals surface area contributed by atoms with Gasteiger partial charge >= 0.3 is 0 Å². The summed E-state index contributed by atoms with van der Waals surface area (Å²) in [6.45, 7) is 4.34. The number of rotatable bonds is 1. The number of thioether (sulfide) groups is 1. The summed E-state index contributed by atoms with van der Waals surface area (Å²) in [5.41, 5.74) is 0.527. The van der Waals surface area contributed by atoms with Crippen LogP contribution in [0.25, 0.3) is 0 Å². The summed E-state index contributed by atoms with van der Waals surface area (Å²) in [7, 11) is 0. The van der Waals surface area contributed by atoms with Crippen molar-refractivity contribution in [2.24, 2.45) is 5.41 Å². The van der Waals surface area contributed by atoms with E-state index in [-0.39, 0.29) is 5.25 Å². The molecule has 4 heteroatoms. The number of piperidine rings is 1. The van der Waals surface area contributed by atoms with E-state index < -0.39 is 0 Å². The summed E-state index contributed by atoms with van der Waals surface area (Å²) in [6, 6.07) is 0. The van der Waals surface area contributed by atoms with Gasteiger partial charge in [-0.05, 0) is 49.8 Å². The zero-order valence-electron chi connectivity index (χ0n) is 10.4. The Morgan fingerprint density at radius 1 is 1.29 bits per heavy atom. The van der Waals surface area contributed by atoms with Crippen LogP contribution < -0.4 is 5.32 Å². The molecule has 3 fully saturated rings. The molecule has 17 heavy (non-hydrogen) atoms. The molecule has 3 heterocycles. The maximum Gasteiger partial charge on any atom is 0.235 e. The molecule has 1 amide bonds. The fraction of sp³-hybridized carbons (Fsp3) is 0.923. The van der Waals surface area contributed by atoms with Crippen molar-refractivity contribution in [3.05, 3.63) is 0 Å². The van der Waals surface area contributed by atoms with Gasteiger partial charge in [-0.2, -0.15) is 0 Å². The van der Waals surface area contributed by atoms with Crippen molar-refractivity contribution in [3.63, 3.8) is 0 Å². The predicted octanol–water partition coefficient (Wildman–Crippen LogP) is 1.48. The molecular formula is C13H22N2OS. The van der Waals surface area contributed by atoms with Crippen LogP contribution in [0, 0.1) is 5.41 Å². The zero-order valence-corrected chi connectivity index (χ0v) is 11.2. The van der Waals surface area contributed by atoms with E-state index in [1.807, 2.05) is 11.8 Å². The lowest BCUT2D eigenvalue weighted by molar-refractivity contribution is -0.132. The predicted molar refractivity (Wildman–Crippen MR) is 71.2 cm³/mol. The minimum atomic E-state index is 0.283. The molecule has 0 bridgehead atoms. The number of nitrogens with zero attached hydrogens (tertiary/aromatic N) is 1. The first-order valence-electron chi connectivity index (χ1n) is 6.90. The van der Waals surface area contributed by atoms with Gasteiger partial charge in [0.15, 0.2) is 0 Å². The Kier molecular flexibility index (Phi) is 3.35. The van der Waals surface area contributed by atoms with Gasteiger partial charge in [-0.3, -0.25) is 4.79 Å². The third-order valence-corrected chi connectivity index (χ3v) is 6.04.